The van der Waals surface area contributed by atoms with E-state index in [0.717, 1.165) is 25.3 Å². The molecule has 1 aromatic heterocycles. The number of piperidine rings is 1. The highest BCUT2D eigenvalue weighted by Crippen LogP contribution is 2.23. The van der Waals surface area contributed by atoms with Crippen molar-refractivity contribution in [3.8, 4) is 0 Å². The van der Waals surface area contributed by atoms with Crippen LogP contribution in [-0.4, -0.2) is 28.6 Å². The number of aromatic carboxylic acids is 1. The van der Waals surface area contributed by atoms with Crippen LogP contribution in [0.15, 0.2) is 10.5 Å². The number of carboxylic acids is 1. The van der Waals surface area contributed by atoms with Gasteiger partial charge in [0.2, 0.25) is 5.76 Å². The third kappa shape index (κ3) is 2.75. The molecule has 2 rings (SSSR count). The van der Waals surface area contributed by atoms with Crippen LogP contribution in [0.5, 0.6) is 0 Å². The SMILES string of the molecule is CCC1CCCCN1Cc1cc(C)c(C(=O)O)o1. The van der Waals surface area contributed by atoms with Crippen LogP contribution in [0.2, 0.25) is 0 Å². The topological polar surface area (TPSA) is 53.7 Å². The third-order valence-corrected chi connectivity index (χ3v) is 3.74. The number of aryl methyl sites for hydroxylation is 1. The molecule has 2 heterocycles. The second-order valence-corrected chi connectivity index (χ2v) is 5.06. The van der Waals surface area contributed by atoms with Gasteiger partial charge in [0.1, 0.15) is 5.76 Å². The van der Waals surface area contributed by atoms with E-state index in [1.165, 1.54) is 19.3 Å². The Morgan fingerprint density at radius 1 is 1.56 bits per heavy atom. The first-order valence-electron chi connectivity index (χ1n) is 6.68. The molecule has 1 unspecified atom stereocenters. The monoisotopic (exact) mass is 251 g/mol. The summed E-state index contributed by atoms with van der Waals surface area (Å²) in [5.41, 5.74) is 0.711. The minimum Gasteiger partial charge on any atom is -0.475 e. The van der Waals surface area contributed by atoms with Crippen molar-refractivity contribution in [1.29, 1.82) is 0 Å². The normalized spacial score (nSPS) is 21.1. The zero-order chi connectivity index (χ0) is 13.1. The highest BCUT2D eigenvalue weighted by atomic mass is 16.4. The largest absolute Gasteiger partial charge is 0.475 e. The summed E-state index contributed by atoms with van der Waals surface area (Å²) in [6.45, 7) is 5.80. The predicted octanol–water partition coefficient (Wildman–Crippen LogP) is 3.05. The Balaban J connectivity index is 2.08. The standard InChI is InChI=1S/C14H21NO3/c1-3-11-6-4-5-7-15(11)9-12-8-10(2)13(18-12)14(16)17/h8,11H,3-7,9H2,1-2H3,(H,16,17). The zero-order valence-electron chi connectivity index (χ0n) is 11.1. The average Bonchev–Trinajstić information content (AvgIpc) is 2.71. The molecule has 0 saturated carbocycles. The first-order chi connectivity index (χ1) is 8.61. The fourth-order valence-corrected chi connectivity index (χ4v) is 2.77. The molecule has 0 spiro atoms. The average molecular weight is 251 g/mol. The van der Waals surface area contributed by atoms with Crippen LogP contribution in [0.25, 0.3) is 0 Å². The van der Waals surface area contributed by atoms with Gasteiger partial charge in [0.05, 0.1) is 6.54 Å². The molecule has 0 aromatic carbocycles. The molecular weight excluding hydrogens is 230 g/mol. The lowest BCUT2D eigenvalue weighted by atomic mass is 10.00. The molecule has 1 aliphatic heterocycles. The van der Waals surface area contributed by atoms with Gasteiger partial charge in [-0.2, -0.15) is 0 Å². The highest BCUT2D eigenvalue weighted by molar-refractivity contribution is 5.86. The smallest absolute Gasteiger partial charge is 0.372 e. The van der Waals surface area contributed by atoms with E-state index in [4.69, 9.17) is 9.52 Å². The van der Waals surface area contributed by atoms with Crippen molar-refractivity contribution in [2.45, 2.75) is 52.1 Å². The van der Waals surface area contributed by atoms with Crippen molar-refractivity contribution < 1.29 is 14.3 Å². The third-order valence-electron chi connectivity index (χ3n) is 3.74. The summed E-state index contributed by atoms with van der Waals surface area (Å²) in [7, 11) is 0. The van der Waals surface area contributed by atoms with Gasteiger partial charge in [0.15, 0.2) is 0 Å². The molecule has 1 N–H and O–H groups in total. The number of carbonyl (C=O) groups is 1. The van der Waals surface area contributed by atoms with Crippen molar-refractivity contribution in [2.24, 2.45) is 0 Å². The molecule has 100 valence electrons. The summed E-state index contributed by atoms with van der Waals surface area (Å²) in [6, 6.07) is 2.46. The Kier molecular flexibility index (Phi) is 4.07. The van der Waals surface area contributed by atoms with E-state index >= 15 is 0 Å². The van der Waals surface area contributed by atoms with Crippen molar-refractivity contribution in [3.63, 3.8) is 0 Å². The maximum Gasteiger partial charge on any atom is 0.372 e. The van der Waals surface area contributed by atoms with Crippen molar-refractivity contribution in [2.75, 3.05) is 6.54 Å². The van der Waals surface area contributed by atoms with Gasteiger partial charge in [-0.3, -0.25) is 4.90 Å². The first-order valence-corrected chi connectivity index (χ1v) is 6.68. The molecule has 1 aromatic rings. The quantitative estimate of drug-likeness (QED) is 0.893. The Labute approximate surface area is 108 Å². The zero-order valence-corrected chi connectivity index (χ0v) is 11.1. The maximum atomic E-state index is 10.9. The summed E-state index contributed by atoms with van der Waals surface area (Å²) >= 11 is 0. The molecule has 4 nitrogen and oxygen atoms in total. The van der Waals surface area contributed by atoms with E-state index in [1.807, 2.05) is 6.07 Å². The minimum absolute atomic E-state index is 0.0788. The second-order valence-electron chi connectivity index (χ2n) is 5.06. The number of furan rings is 1. The predicted molar refractivity (Wildman–Crippen MR) is 68.7 cm³/mol. The molecule has 1 fully saturated rings. The Morgan fingerprint density at radius 3 is 2.94 bits per heavy atom. The second kappa shape index (κ2) is 5.57. The van der Waals surface area contributed by atoms with Gasteiger partial charge in [0.25, 0.3) is 0 Å². The molecule has 0 amide bonds. The summed E-state index contributed by atoms with van der Waals surface area (Å²) in [5.74, 6) is -0.134. The van der Waals surface area contributed by atoms with Crippen molar-refractivity contribution in [3.05, 3.63) is 23.2 Å². The number of likely N-dealkylation sites (tertiary alicyclic amines) is 1. The van der Waals surface area contributed by atoms with E-state index in [-0.39, 0.29) is 5.76 Å². The van der Waals surface area contributed by atoms with Gasteiger partial charge < -0.3 is 9.52 Å². The lowest BCUT2D eigenvalue weighted by molar-refractivity contribution is 0.0653. The summed E-state index contributed by atoms with van der Waals surface area (Å²) in [5, 5.41) is 8.98. The number of carboxylic acid groups (broad SMARTS) is 1. The van der Waals surface area contributed by atoms with Gasteiger partial charge in [-0.1, -0.05) is 13.3 Å². The van der Waals surface area contributed by atoms with Crippen LogP contribution in [-0.2, 0) is 6.54 Å². The molecule has 1 aliphatic rings. The van der Waals surface area contributed by atoms with E-state index in [9.17, 15) is 4.79 Å². The number of rotatable bonds is 4. The first kappa shape index (κ1) is 13.1. The van der Waals surface area contributed by atoms with Crippen LogP contribution >= 0.6 is 0 Å². The molecule has 1 saturated heterocycles. The molecule has 0 radical (unpaired) electrons. The molecular formula is C14H21NO3. The van der Waals surface area contributed by atoms with Crippen LogP contribution in [0.3, 0.4) is 0 Å². The maximum absolute atomic E-state index is 10.9. The van der Waals surface area contributed by atoms with E-state index in [1.54, 1.807) is 6.92 Å². The number of nitrogens with zero attached hydrogens (tertiary/aromatic N) is 1. The summed E-state index contributed by atoms with van der Waals surface area (Å²) in [6.07, 6.45) is 4.90. The molecule has 4 heteroatoms. The summed E-state index contributed by atoms with van der Waals surface area (Å²) < 4.78 is 5.43. The lowest BCUT2D eigenvalue weighted by Crippen LogP contribution is -2.38. The van der Waals surface area contributed by atoms with Gasteiger partial charge in [-0.05, 0) is 38.8 Å². The van der Waals surface area contributed by atoms with E-state index in [2.05, 4.69) is 11.8 Å². The van der Waals surface area contributed by atoms with E-state index < -0.39 is 5.97 Å². The van der Waals surface area contributed by atoms with Crippen LogP contribution in [0.1, 0.15) is 54.5 Å². The molecule has 0 bridgehead atoms. The Morgan fingerprint density at radius 2 is 2.33 bits per heavy atom. The van der Waals surface area contributed by atoms with Gasteiger partial charge in [0, 0.05) is 11.6 Å². The summed E-state index contributed by atoms with van der Waals surface area (Å²) in [4.78, 5) is 13.4. The fourth-order valence-electron chi connectivity index (χ4n) is 2.77. The lowest BCUT2D eigenvalue weighted by Gasteiger charge is -2.34. The van der Waals surface area contributed by atoms with Gasteiger partial charge >= 0.3 is 5.97 Å². The van der Waals surface area contributed by atoms with E-state index in [0.29, 0.717) is 11.6 Å². The molecule has 1 atom stereocenters. The molecule has 18 heavy (non-hydrogen) atoms. The minimum atomic E-state index is -0.982. The van der Waals surface area contributed by atoms with Crippen LogP contribution in [0, 0.1) is 6.92 Å². The van der Waals surface area contributed by atoms with Gasteiger partial charge in [-0.25, -0.2) is 4.79 Å². The fraction of sp³-hybridized carbons (Fsp3) is 0.643. The van der Waals surface area contributed by atoms with Crippen LogP contribution < -0.4 is 0 Å². The van der Waals surface area contributed by atoms with Crippen LogP contribution in [0.4, 0.5) is 0 Å². The highest BCUT2D eigenvalue weighted by Gasteiger charge is 2.23. The van der Waals surface area contributed by atoms with Gasteiger partial charge in [-0.15, -0.1) is 0 Å². The molecule has 0 aliphatic carbocycles. The number of hydrogen-bond acceptors (Lipinski definition) is 3. The van der Waals surface area contributed by atoms with Crippen molar-refractivity contribution >= 4 is 5.97 Å². The number of hydrogen-bond donors (Lipinski definition) is 1. The Bertz CT molecular complexity index is 425. The van der Waals surface area contributed by atoms with Crippen molar-refractivity contribution in [1.82, 2.24) is 4.90 Å². The Hall–Kier alpha value is -1.29.